The molecule has 5 nitrogen and oxygen atoms in total. The van der Waals surface area contributed by atoms with Crippen LogP contribution < -0.4 is 0 Å². The first-order valence-corrected chi connectivity index (χ1v) is 5.37. The Kier molecular flexibility index (Phi) is 3.26. The van der Waals surface area contributed by atoms with Gasteiger partial charge in [-0.25, -0.2) is 4.79 Å². The Hall–Kier alpha value is -1.33. The number of carboxylic acid groups (broad SMARTS) is 1. The van der Waals surface area contributed by atoms with Crippen molar-refractivity contribution < 1.29 is 19.4 Å². The lowest BCUT2D eigenvalue weighted by atomic mass is 10.2. The lowest BCUT2D eigenvalue weighted by Gasteiger charge is -2.20. The summed E-state index contributed by atoms with van der Waals surface area (Å²) < 4.78 is 5.18. The minimum atomic E-state index is -1.05. The summed E-state index contributed by atoms with van der Waals surface area (Å²) in [7, 11) is 0. The average molecular weight is 225 g/mol. The molecule has 1 aromatic heterocycles. The molecule has 1 aromatic rings. The first kappa shape index (κ1) is 11.2. The molecule has 1 fully saturated rings. The number of nitrogens with zero attached hydrogens (tertiary/aromatic N) is 1. The zero-order chi connectivity index (χ0) is 11.5. The largest absolute Gasteiger partial charge is 0.475 e. The number of hydrogen-bond acceptors (Lipinski definition) is 4. The molecule has 0 spiro atoms. The van der Waals surface area contributed by atoms with Gasteiger partial charge in [-0.1, -0.05) is 0 Å². The smallest absolute Gasteiger partial charge is 0.371 e. The molecule has 2 heterocycles. The normalized spacial score (nSPS) is 21.4. The van der Waals surface area contributed by atoms with Crippen LogP contribution in [-0.4, -0.2) is 40.3 Å². The maximum atomic E-state index is 10.6. The van der Waals surface area contributed by atoms with Gasteiger partial charge in [0.25, 0.3) is 0 Å². The fraction of sp³-hybridized carbons (Fsp3) is 0.545. The molecule has 0 radical (unpaired) electrons. The number of rotatable bonds is 4. The van der Waals surface area contributed by atoms with Crippen molar-refractivity contribution in [3.8, 4) is 0 Å². The van der Waals surface area contributed by atoms with E-state index in [1.165, 1.54) is 6.07 Å². The summed E-state index contributed by atoms with van der Waals surface area (Å²) >= 11 is 0. The monoisotopic (exact) mass is 225 g/mol. The number of aliphatic hydroxyl groups is 1. The van der Waals surface area contributed by atoms with Crippen molar-refractivity contribution >= 4 is 5.97 Å². The first-order chi connectivity index (χ1) is 7.70. The fourth-order valence-corrected chi connectivity index (χ4v) is 2.09. The summed E-state index contributed by atoms with van der Waals surface area (Å²) in [5.41, 5.74) is 0. The molecule has 16 heavy (non-hydrogen) atoms. The van der Waals surface area contributed by atoms with E-state index in [-0.39, 0.29) is 18.4 Å². The number of furan rings is 1. The molecule has 0 aromatic carbocycles. The van der Waals surface area contributed by atoms with E-state index in [1.807, 2.05) is 0 Å². The molecule has 5 heteroatoms. The summed E-state index contributed by atoms with van der Waals surface area (Å²) in [6.07, 6.45) is 2.06. The molecule has 88 valence electrons. The molecule has 0 aliphatic carbocycles. The van der Waals surface area contributed by atoms with Crippen LogP contribution in [0.25, 0.3) is 0 Å². The number of likely N-dealkylation sites (tertiary alicyclic amines) is 1. The third-order valence-corrected chi connectivity index (χ3v) is 2.94. The fourth-order valence-electron chi connectivity index (χ4n) is 2.09. The van der Waals surface area contributed by atoms with E-state index in [1.54, 1.807) is 6.07 Å². The van der Waals surface area contributed by atoms with Crippen LogP contribution in [0.3, 0.4) is 0 Å². The maximum Gasteiger partial charge on any atom is 0.371 e. The Balaban J connectivity index is 2.00. The van der Waals surface area contributed by atoms with Gasteiger partial charge in [-0.05, 0) is 31.5 Å². The quantitative estimate of drug-likeness (QED) is 0.797. The highest BCUT2D eigenvalue weighted by atomic mass is 16.4. The van der Waals surface area contributed by atoms with E-state index in [0.29, 0.717) is 12.3 Å². The molecular weight excluding hydrogens is 210 g/mol. The molecule has 0 bridgehead atoms. The molecule has 1 aliphatic heterocycles. The van der Waals surface area contributed by atoms with Crippen molar-refractivity contribution in [1.82, 2.24) is 4.90 Å². The Morgan fingerprint density at radius 1 is 1.56 bits per heavy atom. The van der Waals surface area contributed by atoms with Gasteiger partial charge in [-0.3, -0.25) is 4.90 Å². The SMILES string of the molecule is O=C(O)c1ccc(CN2CCC[C@H]2CO)o1. The lowest BCUT2D eigenvalue weighted by molar-refractivity contribution is 0.0656. The zero-order valence-corrected chi connectivity index (χ0v) is 8.93. The van der Waals surface area contributed by atoms with Gasteiger partial charge >= 0.3 is 5.97 Å². The molecule has 1 atom stereocenters. The molecule has 2 N–H and O–H groups in total. The van der Waals surface area contributed by atoms with E-state index in [9.17, 15) is 4.79 Å². The van der Waals surface area contributed by atoms with Crippen LogP contribution in [0, 0.1) is 0 Å². The highest BCUT2D eigenvalue weighted by Gasteiger charge is 2.24. The van der Waals surface area contributed by atoms with Crippen molar-refractivity contribution in [2.24, 2.45) is 0 Å². The van der Waals surface area contributed by atoms with Gasteiger partial charge in [0.15, 0.2) is 0 Å². The molecule has 0 saturated carbocycles. The highest BCUT2D eigenvalue weighted by Crippen LogP contribution is 2.20. The topological polar surface area (TPSA) is 73.9 Å². The number of aromatic carboxylic acids is 1. The Labute approximate surface area is 93.3 Å². The van der Waals surface area contributed by atoms with Crippen LogP contribution >= 0.6 is 0 Å². The second kappa shape index (κ2) is 4.67. The van der Waals surface area contributed by atoms with Crippen LogP contribution in [0.5, 0.6) is 0 Å². The second-order valence-electron chi connectivity index (χ2n) is 4.02. The number of aliphatic hydroxyl groups excluding tert-OH is 1. The molecule has 2 rings (SSSR count). The predicted molar refractivity (Wildman–Crippen MR) is 56.2 cm³/mol. The summed E-state index contributed by atoms with van der Waals surface area (Å²) in [5, 5.41) is 17.9. The van der Waals surface area contributed by atoms with Crippen molar-refractivity contribution in [1.29, 1.82) is 0 Å². The van der Waals surface area contributed by atoms with Crippen LogP contribution in [0.15, 0.2) is 16.5 Å². The second-order valence-corrected chi connectivity index (χ2v) is 4.02. The van der Waals surface area contributed by atoms with Gasteiger partial charge in [0.1, 0.15) is 5.76 Å². The van der Waals surface area contributed by atoms with Gasteiger partial charge in [0, 0.05) is 6.04 Å². The van der Waals surface area contributed by atoms with E-state index < -0.39 is 5.97 Å². The Morgan fingerprint density at radius 2 is 2.38 bits per heavy atom. The van der Waals surface area contributed by atoms with Crippen molar-refractivity contribution in [3.05, 3.63) is 23.7 Å². The number of hydrogen-bond donors (Lipinski definition) is 2. The molecule has 0 unspecified atom stereocenters. The third kappa shape index (κ3) is 2.25. The van der Waals surface area contributed by atoms with Gasteiger partial charge in [0.05, 0.1) is 13.2 Å². The highest BCUT2D eigenvalue weighted by molar-refractivity contribution is 5.84. The minimum absolute atomic E-state index is 0.0326. The van der Waals surface area contributed by atoms with Crippen LogP contribution in [-0.2, 0) is 6.54 Å². The van der Waals surface area contributed by atoms with E-state index in [2.05, 4.69) is 4.90 Å². The van der Waals surface area contributed by atoms with Crippen molar-refractivity contribution in [2.45, 2.75) is 25.4 Å². The molecule has 1 aliphatic rings. The van der Waals surface area contributed by atoms with Gasteiger partial charge in [-0.2, -0.15) is 0 Å². The van der Waals surface area contributed by atoms with Crippen molar-refractivity contribution in [3.63, 3.8) is 0 Å². The van der Waals surface area contributed by atoms with Crippen LogP contribution in [0.1, 0.15) is 29.2 Å². The summed E-state index contributed by atoms with van der Waals surface area (Å²) in [5.74, 6) is -0.445. The molecular formula is C11H15NO4. The lowest BCUT2D eigenvalue weighted by Crippen LogP contribution is -2.31. The third-order valence-electron chi connectivity index (χ3n) is 2.94. The number of carboxylic acids is 1. The average Bonchev–Trinajstić information content (AvgIpc) is 2.87. The van der Waals surface area contributed by atoms with E-state index >= 15 is 0 Å². The number of carbonyl (C=O) groups is 1. The van der Waals surface area contributed by atoms with Gasteiger partial charge in [0.2, 0.25) is 5.76 Å². The van der Waals surface area contributed by atoms with E-state index in [0.717, 1.165) is 19.4 Å². The summed E-state index contributed by atoms with van der Waals surface area (Å²) in [6.45, 7) is 1.64. The minimum Gasteiger partial charge on any atom is -0.475 e. The van der Waals surface area contributed by atoms with Gasteiger partial charge in [-0.15, -0.1) is 0 Å². The standard InChI is InChI=1S/C11H15NO4/c13-7-8-2-1-5-12(8)6-9-3-4-10(16-9)11(14)15/h3-4,8,13H,1-2,5-7H2,(H,14,15)/t8-/m0/s1. The van der Waals surface area contributed by atoms with E-state index in [4.69, 9.17) is 14.6 Å². The zero-order valence-electron chi connectivity index (χ0n) is 8.93. The van der Waals surface area contributed by atoms with Gasteiger partial charge < -0.3 is 14.6 Å². The van der Waals surface area contributed by atoms with Crippen molar-refractivity contribution in [2.75, 3.05) is 13.2 Å². The Morgan fingerprint density at radius 3 is 3.00 bits per heavy atom. The molecule has 1 saturated heterocycles. The van der Waals surface area contributed by atoms with Crippen LogP contribution in [0.2, 0.25) is 0 Å². The summed E-state index contributed by atoms with van der Waals surface area (Å²) in [4.78, 5) is 12.7. The molecule has 0 amide bonds. The summed E-state index contributed by atoms with van der Waals surface area (Å²) in [6, 6.07) is 3.32. The first-order valence-electron chi connectivity index (χ1n) is 5.37. The van der Waals surface area contributed by atoms with Crippen LogP contribution in [0.4, 0.5) is 0 Å². The predicted octanol–water partition coefficient (Wildman–Crippen LogP) is 0.934. The Bertz CT molecular complexity index is 374. The maximum absolute atomic E-state index is 10.6.